The highest BCUT2D eigenvalue weighted by Gasteiger charge is 2.04. The van der Waals surface area contributed by atoms with Crippen molar-refractivity contribution in [2.75, 3.05) is 16.4 Å². The van der Waals surface area contributed by atoms with Crippen LogP contribution in [0.5, 0.6) is 0 Å². The van der Waals surface area contributed by atoms with Crippen LogP contribution in [0.25, 0.3) is 11.3 Å². The summed E-state index contributed by atoms with van der Waals surface area (Å²) in [6, 6.07) is 12.8. The van der Waals surface area contributed by atoms with E-state index in [0.717, 1.165) is 22.6 Å². The average molecular weight is 320 g/mol. The van der Waals surface area contributed by atoms with Crippen LogP contribution in [0, 0.1) is 0 Å². The SMILES string of the molecule is CC(=O)Nc1ccc(-c2ccnc(Nc3ccnc(N)c3)n2)cc1. The molecule has 0 saturated heterocycles. The van der Waals surface area contributed by atoms with Gasteiger partial charge in [0.2, 0.25) is 11.9 Å². The molecule has 3 aromatic rings. The molecule has 0 bridgehead atoms. The van der Waals surface area contributed by atoms with Gasteiger partial charge in [0.15, 0.2) is 0 Å². The molecule has 1 aromatic carbocycles. The Hall–Kier alpha value is -3.48. The molecule has 0 aliphatic carbocycles. The van der Waals surface area contributed by atoms with E-state index in [0.29, 0.717) is 11.8 Å². The van der Waals surface area contributed by atoms with Gasteiger partial charge < -0.3 is 16.4 Å². The van der Waals surface area contributed by atoms with Crippen LogP contribution >= 0.6 is 0 Å². The molecule has 0 spiro atoms. The molecule has 1 amide bonds. The van der Waals surface area contributed by atoms with Crippen molar-refractivity contribution in [2.45, 2.75) is 6.92 Å². The van der Waals surface area contributed by atoms with Crippen molar-refractivity contribution in [3.05, 3.63) is 54.9 Å². The summed E-state index contributed by atoms with van der Waals surface area (Å²) in [4.78, 5) is 23.7. The number of nitrogen functional groups attached to an aromatic ring is 1. The summed E-state index contributed by atoms with van der Waals surface area (Å²) in [6.07, 6.45) is 3.29. The third-order valence-electron chi connectivity index (χ3n) is 3.19. The normalized spacial score (nSPS) is 10.2. The third-order valence-corrected chi connectivity index (χ3v) is 3.19. The zero-order valence-electron chi connectivity index (χ0n) is 13.0. The van der Waals surface area contributed by atoms with Crippen LogP contribution in [0.15, 0.2) is 54.9 Å². The van der Waals surface area contributed by atoms with Crippen LogP contribution in [0.1, 0.15) is 6.92 Å². The lowest BCUT2D eigenvalue weighted by atomic mass is 10.1. The van der Waals surface area contributed by atoms with E-state index >= 15 is 0 Å². The van der Waals surface area contributed by atoms with Crippen molar-refractivity contribution < 1.29 is 4.79 Å². The molecule has 0 aliphatic rings. The molecule has 0 fully saturated rings. The van der Waals surface area contributed by atoms with E-state index in [1.807, 2.05) is 30.3 Å². The predicted octanol–water partition coefficient (Wildman–Crippen LogP) is 2.82. The van der Waals surface area contributed by atoms with E-state index in [9.17, 15) is 4.79 Å². The Morgan fingerprint density at radius 3 is 2.46 bits per heavy atom. The lowest BCUT2D eigenvalue weighted by molar-refractivity contribution is -0.114. The number of benzene rings is 1. The maximum absolute atomic E-state index is 11.1. The molecule has 2 heterocycles. The summed E-state index contributed by atoms with van der Waals surface area (Å²) in [7, 11) is 0. The first-order chi connectivity index (χ1) is 11.6. The number of carbonyl (C=O) groups excluding carboxylic acids is 1. The minimum absolute atomic E-state index is 0.104. The Morgan fingerprint density at radius 2 is 1.75 bits per heavy atom. The molecule has 4 N–H and O–H groups in total. The van der Waals surface area contributed by atoms with E-state index < -0.39 is 0 Å². The van der Waals surface area contributed by atoms with Crippen LogP contribution in [0.3, 0.4) is 0 Å². The molecule has 3 rings (SSSR count). The molecule has 0 atom stereocenters. The number of hydrogen-bond donors (Lipinski definition) is 3. The fraction of sp³-hybridized carbons (Fsp3) is 0.0588. The lowest BCUT2D eigenvalue weighted by Crippen LogP contribution is -2.05. The molecule has 2 aromatic heterocycles. The van der Waals surface area contributed by atoms with Gasteiger partial charge in [0.25, 0.3) is 0 Å². The van der Waals surface area contributed by atoms with Gasteiger partial charge in [-0.25, -0.2) is 15.0 Å². The van der Waals surface area contributed by atoms with Gasteiger partial charge >= 0.3 is 0 Å². The predicted molar refractivity (Wildman–Crippen MR) is 93.7 cm³/mol. The number of pyridine rings is 1. The van der Waals surface area contributed by atoms with Gasteiger partial charge in [0.05, 0.1) is 5.69 Å². The van der Waals surface area contributed by atoms with Crippen LogP contribution in [-0.2, 0) is 4.79 Å². The largest absolute Gasteiger partial charge is 0.384 e. The molecule has 120 valence electrons. The van der Waals surface area contributed by atoms with Crippen LogP contribution < -0.4 is 16.4 Å². The number of nitrogens with two attached hydrogens (primary N) is 1. The Kier molecular flexibility index (Phi) is 4.33. The minimum atomic E-state index is -0.104. The first kappa shape index (κ1) is 15.4. The number of amides is 1. The highest BCUT2D eigenvalue weighted by molar-refractivity contribution is 5.88. The Labute approximate surface area is 139 Å². The molecular formula is C17H16N6O. The molecular weight excluding hydrogens is 304 g/mol. The van der Waals surface area contributed by atoms with Gasteiger partial charge in [-0.2, -0.15) is 0 Å². The molecule has 0 aliphatic heterocycles. The number of aromatic nitrogens is 3. The van der Waals surface area contributed by atoms with Gasteiger partial charge in [-0.1, -0.05) is 12.1 Å². The second-order valence-electron chi connectivity index (χ2n) is 5.12. The van der Waals surface area contributed by atoms with Crippen molar-refractivity contribution in [2.24, 2.45) is 0 Å². The van der Waals surface area contributed by atoms with Crippen LogP contribution in [0.4, 0.5) is 23.1 Å². The molecule has 7 nitrogen and oxygen atoms in total. The van der Waals surface area contributed by atoms with Gasteiger partial charge in [-0.3, -0.25) is 4.79 Å². The number of nitrogens with one attached hydrogen (secondary N) is 2. The number of carbonyl (C=O) groups is 1. The van der Waals surface area contributed by atoms with Crippen LogP contribution in [0.2, 0.25) is 0 Å². The Balaban J connectivity index is 1.81. The molecule has 7 heteroatoms. The minimum Gasteiger partial charge on any atom is -0.384 e. The van der Waals surface area contributed by atoms with Crippen molar-refractivity contribution >= 4 is 29.0 Å². The molecule has 0 unspecified atom stereocenters. The van der Waals surface area contributed by atoms with Crippen LogP contribution in [-0.4, -0.2) is 20.9 Å². The fourth-order valence-electron chi connectivity index (χ4n) is 2.16. The average Bonchev–Trinajstić information content (AvgIpc) is 2.55. The third kappa shape index (κ3) is 3.83. The molecule has 0 radical (unpaired) electrons. The second kappa shape index (κ2) is 6.74. The zero-order valence-corrected chi connectivity index (χ0v) is 13.0. The highest BCUT2D eigenvalue weighted by Crippen LogP contribution is 2.21. The summed E-state index contributed by atoms with van der Waals surface area (Å²) in [6.45, 7) is 1.47. The van der Waals surface area contributed by atoms with Gasteiger partial charge in [-0.15, -0.1) is 0 Å². The van der Waals surface area contributed by atoms with E-state index in [1.54, 1.807) is 24.5 Å². The first-order valence-electron chi connectivity index (χ1n) is 7.30. The quantitative estimate of drug-likeness (QED) is 0.682. The summed E-state index contributed by atoms with van der Waals surface area (Å²) < 4.78 is 0. The fourth-order valence-corrected chi connectivity index (χ4v) is 2.16. The maximum atomic E-state index is 11.1. The molecule has 0 saturated carbocycles. The highest BCUT2D eigenvalue weighted by atomic mass is 16.1. The van der Waals surface area contributed by atoms with E-state index in [2.05, 4.69) is 25.6 Å². The van der Waals surface area contributed by atoms with Gasteiger partial charge in [-0.05, 0) is 24.3 Å². The first-order valence-corrected chi connectivity index (χ1v) is 7.30. The number of anilines is 4. The van der Waals surface area contributed by atoms with Crippen molar-refractivity contribution in [3.8, 4) is 11.3 Å². The van der Waals surface area contributed by atoms with E-state index in [-0.39, 0.29) is 5.91 Å². The lowest BCUT2D eigenvalue weighted by Gasteiger charge is -2.08. The topological polar surface area (TPSA) is 106 Å². The zero-order chi connectivity index (χ0) is 16.9. The van der Waals surface area contributed by atoms with E-state index in [4.69, 9.17) is 5.73 Å². The monoisotopic (exact) mass is 320 g/mol. The van der Waals surface area contributed by atoms with Crippen molar-refractivity contribution in [1.29, 1.82) is 0 Å². The molecule has 24 heavy (non-hydrogen) atoms. The summed E-state index contributed by atoms with van der Waals surface area (Å²) in [5, 5.41) is 5.82. The summed E-state index contributed by atoms with van der Waals surface area (Å²) >= 11 is 0. The maximum Gasteiger partial charge on any atom is 0.227 e. The Bertz CT molecular complexity index is 863. The summed E-state index contributed by atoms with van der Waals surface area (Å²) in [5.74, 6) is 0.779. The second-order valence-corrected chi connectivity index (χ2v) is 5.12. The van der Waals surface area contributed by atoms with E-state index in [1.165, 1.54) is 6.92 Å². The van der Waals surface area contributed by atoms with Gasteiger partial charge in [0, 0.05) is 42.3 Å². The standard InChI is InChI=1S/C17H16N6O/c1-11(24)21-13-4-2-12(3-5-13)15-7-9-20-17(23-15)22-14-6-8-19-16(18)10-14/h2-10H,1H3,(H,21,24)(H3,18,19,20,22,23). The number of rotatable bonds is 4. The number of hydrogen-bond acceptors (Lipinski definition) is 6. The summed E-state index contributed by atoms with van der Waals surface area (Å²) in [5.41, 5.74) is 8.85. The number of nitrogens with zero attached hydrogens (tertiary/aromatic N) is 3. The smallest absolute Gasteiger partial charge is 0.227 e. The Morgan fingerprint density at radius 1 is 1.00 bits per heavy atom. The van der Waals surface area contributed by atoms with Gasteiger partial charge in [0.1, 0.15) is 5.82 Å². The van der Waals surface area contributed by atoms with Crippen molar-refractivity contribution in [1.82, 2.24) is 15.0 Å². The van der Waals surface area contributed by atoms with Crippen molar-refractivity contribution in [3.63, 3.8) is 0 Å².